The van der Waals surface area contributed by atoms with E-state index in [2.05, 4.69) is 12.2 Å². The normalized spacial score (nSPS) is 25.8. The van der Waals surface area contributed by atoms with Crippen molar-refractivity contribution in [3.8, 4) is 0 Å². The van der Waals surface area contributed by atoms with Gasteiger partial charge in [0.15, 0.2) is 0 Å². The number of carbonyl (C=O) groups excluding carboxylic acids is 2. The van der Waals surface area contributed by atoms with Crippen molar-refractivity contribution in [3.05, 3.63) is 0 Å². The topological polar surface area (TPSA) is 52.7 Å². The van der Waals surface area contributed by atoms with Crippen molar-refractivity contribution in [1.82, 2.24) is 15.1 Å². The van der Waals surface area contributed by atoms with Crippen LogP contribution in [0, 0.1) is 5.92 Å². The fourth-order valence-electron chi connectivity index (χ4n) is 3.52. The number of hydrogen-bond donors (Lipinski definition) is 1. The first-order valence-electron chi connectivity index (χ1n) is 9.00. The Hall–Kier alpha value is -0.910. The zero-order valence-corrected chi connectivity index (χ0v) is 15.4. The molecule has 23 heavy (non-hydrogen) atoms. The lowest BCUT2D eigenvalue weighted by molar-refractivity contribution is -0.130. The molecule has 1 N–H and O–H groups in total. The number of hydrogen-bond acceptors (Lipinski definition) is 3. The maximum absolute atomic E-state index is 12.5. The largest absolute Gasteiger partial charge is 0.343 e. The predicted molar refractivity (Wildman–Crippen MR) is 95.7 cm³/mol. The molecule has 0 radical (unpaired) electrons. The SMILES string of the molecule is CCS[C@H]1CCCCN(C(=O)NC[C@H]2CCCN(C(C)=O)C2)C1. The van der Waals surface area contributed by atoms with Gasteiger partial charge in [-0.25, -0.2) is 4.79 Å². The lowest BCUT2D eigenvalue weighted by atomic mass is 9.98. The van der Waals surface area contributed by atoms with Gasteiger partial charge in [0, 0.05) is 44.9 Å². The first-order chi connectivity index (χ1) is 11.1. The van der Waals surface area contributed by atoms with E-state index in [0.29, 0.717) is 17.7 Å². The highest BCUT2D eigenvalue weighted by Crippen LogP contribution is 2.22. The third kappa shape index (κ3) is 5.90. The third-order valence-electron chi connectivity index (χ3n) is 4.82. The number of rotatable bonds is 4. The van der Waals surface area contributed by atoms with Crippen LogP contribution in [0.25, 0.3) is 0 Å². The van der Waals surface area contributed by atoms with E-state index >= 15 is 0 Å². The number of nitrogens with one attached hydrogen (secondary N) is 1. The molecule has 6 heteroatoms. The van der Waals surface area contributed by atoms with E-state index in [1.165, 1.54) is 12.8 Å². The minimum atomic E-state index is 0.0774. The van der Waals surface area contributed by atoms with Crippen molar-refractivity contribution in [2.75, 3.05) is 38.5 Å². The number of nitrogens with zero attached hydrogens (tertiary/aromatic N) is 2. The van der Waals surface area contributed by atoms with Gasteiger partial charge >= 0.3 is 6.03 Å². The Morgan fingerprint density at radius 2 is 1.87 bits per heavy atom. The van der Waals surface area contributed by atoms with E-state index < -0.39 is 0 Å². The molecule has 3 amide bonds. The van der Waals surface area contributed by atoms with Crippen LogP contribution in [0.3, 0.4) is 0 Å². The van der Waals surface area contributed by atoms with Gasteiger partial charge in [-0.2, -0.15) is 11.8 Å². The van der Waals surface area contributed by atoms with E-state index in [0.717, 1.165) is 51.2 Å². The molecule has 0 unspecified atom stereocenters. The van der Waals surface area contributed by atoms with Gasteiger partial charge in [0.05, 0.1) is 0 Å². The van der Waals surface area contributed by atoms with Crippen molar-refractivity contribution in [1.29, 1.82) is 0 Å². The van der Waals surface area contributed by atoms with Crippen LogP contribution in [0.4, 0.5) is 4.79 Å². The molecule has 2 aliphatic rings. The van der Waals surface area contributed by atoms with E-state index in [4.69, 9.17) is 0 Å². The number of thioether (sulfide) groups is 1. The Kier molecular flexibility index (Phi) is 7.53. The van der Waals surface area contributed by atoms with Gasteiger partial charge in [-0.1, -0.05) is 13.3 Å². The monoisotopic (exact) mass is 341 g/mol. The zero-order chi connectivity index (χ0) is 16.7. The summed E-state index contributed by atoms with van der Waals surface area (Å²) in [5.74, 6) is 1.65. The molecule has 2 atom stereocenters. The predicted octanol–water partition coefficient (Wildman–Crippen LogP) is 2.56. The van der Waals surface area contributed by atoms with E-state index in [9.17, 15) is 9.59 Å². The molecular formula is C17H31N3O2S. The molecule has 0 aromatic rings. The first kappa shape index (κ1) is 18.4. The van der Waals surface area contributed by atoms with Crippen LogP contribution in [0.1, 0.15) is 46.0 Å². The number of piperidine rings is 1. The molecule has 2 saturated heterocycles. The maximum Gasteiger partial charge on any atom is 0.317 e. The molecule has 0 aromatic heterocycles. The molecule has 2 rings (SSSR count). The van der Waals surface area contributed by atoms with Crippen LogP contribution in [-0.4, -0.2) is 65.5 Å². The number of likely N-dealkylation sites (tertiary alicyclic amines) is 2. The van der Waals surface area contributed by atoms with Crippen molar-refractivity contribution in [3.63, 3.8) is 0 Å². The second-order valence-electron chi connectivity index (χ2n) is 6.68. The summed E-state index contributed by atoms with van der Waals surface area (Å²) in [5.41, 5.74) is 0. The average Bonchev–Trinajstić information content (AvgIpc) is 2.79. The Labute approximate surface area is 144 Å². The minimum absolute atomic E-state index is 0.0774. The molecule has 0 aromatic carbocycles. The van der Waals surface area contributed by atoms with Crippen molar-refractivity contribution in [2.24, 2.45) is 5.92 Å². The van der Waals surface area contributed by atoms with Gasteiger partial charge in [0.25, 0.3) is 0 Å². The summed E-state index contributed by atoms with van der Waals surface area (Å²) in [6, 6.07) is 0.0774. The molecule has 132 valence electrons. The molecule has 5 nitrogen and oxygen atoms in total. The number of carbonyl (C=O) groups is 2. The van der Waals surface area contributed by atoms with Crippen molar-refractivity contribution < 1.29 is 9.59 Å². The molecule has 0 bridgehead atoms. The van der Waals surface area contributed by atoms with Crippen LogP contribution in [0.2, 0.25) is 0 Å². The van der Waals surface area contributed by atoms with Crippen LogP contribution >= 0.6 is 11.8 Å². The van der Waals surface area contributed by atoms with Crippen molar-refractivity contribution in [2.45, 2.75) is 51.2 Å². The van der Waals surface area contributed by atoms with Gasteiger partial charge < -0.3 is 15.1 Å². The fraction of sp³-hybridized carbons (Fsp3) is 0.882. The summed E-state index contributed by atoms with van der Waals surface area (Å²) in [4.78, 5) is 27.9. The van der Waals surface area contributed by atoms with Gasteiger partial charge in [0.1, 0.15) is 0 Å². The zero-order valence-electron chi connectivity index (χ0n) is 14.6. The second-order valence-corrected chi connectivity index (χ2v) is 8.26. The van der Waals surface area contributed by atoms with E-state index in [1.54, 1.807) is 6.92 Å². The van der Waals surface area contributed by atoms with E-state index in [-0.39, 0.29) is 11.9 Å². The third-order valence-corrected chi connectivity index (χ3v) is 6.01. The van der Waals surface area contributed by atoms with Gasteiger partial charge in [0.2, 0.25) is 5.91 Å². The lowest BCUT2D eigenvalue weighted by Crippen LogP contribution is -2.47. The molecule has 0 spiro atoms. The summed E-state index contributed by atoms with van der Waals surface area (Å²) in [6.07, 6.45) is 5.68. The molecule has 2 fully saturated rings. The minimum Gasteiger partial charge on any atom is -0.343 e. The molecule has 0 saturated carbocycles. The maximum atomic E-state index is 12.5. The Morgan fingerprint density at radius 3 is 2.61 bits per heavy atom. The smallest absolute Gasteiger partial charge is 0.317 e. The quantitative estimate of drug-likeness (QED) is 0.855. The summed E-state index contributed by atoms with van der Waals surface area (Å²) < 4.78 is 0. The number of amides is 3. The Morgan fingerprint density at radius 1 is 1.09 bits per heavy atom. The highest BCUT2D eigenvalue weighted by atomic mass is 32.2. The summed E-state index contributed by atoms with van der Waals surface area (Å²) in [5, 5.41) is 3.69. The van der Waals surface area contributed by atoms with Gasteiger partial charge in [-0.15, -0.1) is 0 Å². The van der Waals surface area contributed by atoms with E-state index in [1.807, 2.05) is 21.6 Å². The molecule has 2 aliphatic heterocycles. The highest BCUT2D eigenvalue weighted by Gasteiger charge is 2.25. The summed E-state index contributed by atoms with van der Waals surface area (Å²) >= 11 is 1.97. The summed E-state index contributed by atoms with van der Waals surface area (Å²) in [7, 11) is 0. The van der Waals surface area contributed by atoms with Gasteiger partial charge in [-0.05, 0) is 37.4 Å². The van der Waals surface area contributed by atoms with Crippen LogP contribution in [-0.2, 0) is 4.79 Å². The fourth-order valence-corrected chi connectivity index (χ4v) is 4.61. The van der Waals surface area contributed by atoms with Gasteiger partial charge in [-0.3, -0.25) is 4.79 Å². The highest BCUT2D eigenvalue weighted by molar-refractivity contribution is 7.99. The molecule has 2 heterocycles. The number of urea groups is 1. The average molecular weight is 342 g/mol. The molecular weight excluding hydrogens is 310 g/mol. The lowest BCUT2D eigenvalue weighted by Gasteiger charge is -2.33. The first-order valence-corrected chi connectivity index (χ1v) is 10.0. The Balaban J connectivity index is 1.77. The van der Waals surface area contributed by atoms with Crippen LogP contribution in [0.15, 0.2) is 0 Å². The molecule has 0 aliphatic carbocycles. The summed E-state index contributed by atoms with van der Waals surface area (Å²) in [6.45, 7) is 7.88. The Bertz CT molecular complexity index is 405. The van der Waals surface area contributed by atoms with Crippen LogP contribution in [0.5, 0.6) is 0 Å². The second kappa shape index (κ2) is 9.40. The van der Waals surface area contributed by atoms with Crippen LogP contribution < -0.4 is 5.32 Å². The standard InChI is InChI=1S/C17H31N3O2S/c1-3-23-16-8-4-5-9-20(13-16)17(22)18-11-15-7-6-10-19(12-15)14(2)21/h15-16H,3-13H2,1-2H3,(H,18,22)/t15-,16+/m1/s1. The van der Waals surface area contributed by atoms with Crippen molar-refractivity contribution >= 4 is 23.7 Å².